The molecule has 0 N–H and O–H groups in total. The lowest BCUT2D eigenvalue weighted by Gasteiger charge is -2.35. The van der Waals surface area contributed by atoms with Gasteiger partial charge in [-0.1, -0.05) is 35.9 Å². The summed E-state index contributed by atoms with van der Waals surface area (Å²) in [5.74, 6) is 0.140. The fourth-order valence-electron chi connectivity index (χ4n) is 2.76. The monoisotopic (exact) mass is 440 g/mol. The first-order valence-corrected chi connectivity index (χ1v) is 9.10. The summed E-state index contributed by atoms with van der Waals surface area (Å²) in [6, 6.07) is 15.7. The van der Waals surface area contributed by atoms with Crippen LogP contribution in [-0.2, 0) is 6.54 Å². The third kappa shape index (κ3) is 4.25. The Hall–Kier alpha value is -1.11. The highest BCUT2D eigenvalue weighted by Gasteiger charge is 2.23. The molecule has 1 heterocycles. The van der Waals surface area contributed by atoms with E-state index in [2.05, 4.69) is 39.6 Å². The molecule has 2 aromatic carbocycles. The number of nitrogens with zero attached hydrogens (tertiary/aromatic N) is 2. The lowest BCUT2D eigenvalue weighted by atomic mass is 10.1. The molecule has 2 aromatic rings. The lowest BCUT2D eigenvalue weighted by Crippen LogP contribution is -2.48. The van der Waals surface area contributed by atoms with Gasteiger partial charge in [-0.3, -0.25) is 9.69 Å². The van der Waals surface area contributed by atoms with E-state index < -0.39 is 0 Å². The molecule has 5 heteroatoms. The van der Waals surface area contributed by atoms with E-state index in [1.165, 1.54) is 5.56 Å². The first-order chi connectivity index (χ1) is 11.1. The third-order valence-electron chi connectivity index (χ3n) is 4.08. The van der Waals surface area contributed by atoms with E-state index in [1.54, 1.807) is 0 Å². The molecule has 0 spiro atoms. The van der Waals surface area contributed by atoms with E-state index in [0.29, 0.717) is 0 Å². The van der Waals surface area contributed by atoms with Gasteiger partial charge >= 0.3 is 0 Å². The Morgan fingerprint density at radius 3 is 2.30 bits per heavy atom. The number of piperazine rings is 1. The number of hydrogen-bond donors (Lipinski definition) is 0. The molecule has 0 bridgehead atoms. The van der Waals surface area contributed by atoms with Crippen LogP contribution in [0.1, 0.15) is 15.9 Å². The molecule has 120 valence electrons. The van der Waals surface area contributed by atoms with Gasteiger partial charge in [-0.05, 0) is 52.4 Å². The van der Waals surface area contributed by atoms with E-state index in [-0.39, 0.29) is 5.91 Å². The Balaban J connectivity index is 1.57. The quantitative estimate of drug-likeness (QED) is 0.676. The van der Waals surface area contributed by atoms with Gasteiger partial charge in [0.05, 0.1) is 5.56 Å². The van der Waals surface area contributed by atoms with Gasteiger partial charge in [0.15, 0.2) is 0 Å². The summed E-state index contributed by atoms with van der Waals surface area (Å²) in [6.07, 6.45) is 0. The van der Waals surface area contributed by atoms with Gasteiger partial charge in [-0.2, -0.15) is 0 Å². The van der Waals surface area contributed by atoms with E-state index in [9.17, 15) is 4.79 Å². The summed E-state index contributed by atoms with van der Waals surface area (Å²) < 4.78 is 1.01. The number of rotatable bonds is 3. The Kier molecular flexibility index (Phi) is 5.56. The second-order valence-electron chi connectivity index (χ2n) is 5.67. The van der Waals surface area contributed by atoms with E-state index in [0.717, 1.165) is 46.9 Å². The van der Waals surface area contributed by atoms with Crippen LogP contribution in [0.2, 0.25) is 5.02 Å². The van der Waals surface area contributed by atoms with Crippen LogP contribution in [0.5, 0.6) is 0 Å². The molecule has 0 saturated carbocycles. The normalized spacial score (nSPS) is 15.7. The van der Waals surface area contributed by atoms with Crippen molar-refractivity contribution in [3.05, 3.63) is 68.3 Å². The molecule has 1 fully saturated rings. The van der Waals surface area contributed by atoms with Crippen LogP contribution in [0, 0.1) is 3.57 Å². The zero-order valence-corrected chi connectivity index (χ0v) is 15.6. The molecule has 0 unspecified atom stereocenters. The molecule has 23 heavy (non-hydrogen) atoms. The van der Waals surface area contributed by atoms with Gasteiger partial charge in [-0.15, -0.1) is 0 Å². The van der Waals surface area contributed by atoms with Crippen LogP contribution >= 0.6 is 34.2 Å². The number of halogens is 2. The zero-order valence-electron chi connectivity index (χ0n) is 12.7. The number of benzene rings is 2. The predicted octanol–water partition coefficient (Wildman–Crippen LogP) is 3.90. The molecule has 3 rings (SSSR count). The predicted molar refractivity (Wildman–Crippen MR) is 102 cm³/mol. The zero-order chi connectivity index (χ0) is 16.2. The van der Waals surface area contributed by atoms with Crippen molar-refractivity contribution in [2.24, 2.45) is 0 Å². The summed E-state index contributed by atoms with van der Waals surface area (Å²) in [5, 5.41) is 0.765. The Labute approximate surface area is 155 Å². The molecular formula is C18H18ClIN2O. The van der Waals surface area contributed by atoms with Crippen molar-refractivity contribution in [3.63, 3.8) is 0 Å². The maximum absolute atomic E-state index is 12.6. The smallest absolute Gasteiger partial charge is 0.255 e. The van der Waals surface area contributed by atoms with Gasteiger partial charge in [-0.25, -0.2) is 0 Å². The molecule has 1 aliphatic heterocycles. The van der Waals surface area contributed by atoms with Gasteiger partial charge in [0, 0.05) is 41.3 Å². The summed E-state index contributed by atoms with van der Waals surface area (Å²) in [6.45, 7) is 4.26. The summed E-state index contributed by atoms with van der Waals surface area (Å²) in [7, 11) is 0. The van der Waals surface area contributed by atoms with Crippen molar-refractivity contribution in [2.45, 2.75) is 6.54 Å². The molecular weight excluding hydrogens is 423 g/mol. The summed E-state index contributed by atoms with van der Waals surface area (Å²) in [4.78, 5) is 16.9. The van der Waals surface area contributed by atoms with Crippen molar-refractivity contribution in [1.29, 1.82) is 0 Å². The van der Waals surface area contributed by atoms with E-state index in [4.69, 9.17) is 11.6 Å². The standard InChI is InChI=1S/C18H18ClIN2O/c19-15-7-5-14(6-8-15)13-21-9-11-22(12-10-21)18(23)16-3-1-2-4-17(16)20/h1-8H,9-13H2. The Bertz CT molecular complexity index is 682. The maximum atomic E-state index is 12.6. The molecule has 0 atom stereocenters. The van der Waals surface area contributed by atoms with Crippen molar-refractivity contribution in [2.75, 3.05) is 26.2 Å². The highest BCUT2D eigenvalue weighted by Crippen LogP contribution is 2.17. The van der Waals surface area contributed by atoms with E-state index >= 15 is 0 Å². The largest absolute Gasteiger partial charge is 0.336 e. The van der Waals surface area contributed by atoms with Crippen molar-refractivity contribution in [3.8, 4) is 0 Å². The van der Waals surface area contributed by atoms with Crippen molar-refractivity contribution >= 4 is 40.1 Å². The maximum Gasteiger partial charge on any atom is 0.255 e. The molecule has 1 amide bonds. The number of amides is 1. The fourth-order valence-corrected chi connectivity index (χ4v) is 3.51. The molecule has 0 aliphatic carbocycles. The molecule has 1 saturated heterocycles. The highest BCUT2D eigenvalue weighted by atomic mass is 127. The fraction of sp³-hybridized carbons (Fsp3) is 0.278. The summed E-state index contributed by atoms with van der Waals surface area (Å²) >= 11 is 8.15. The lowest BCUT2D eigenvalue weighted by molar-refractivity contribution is 0.0627. The van der Waals surface area contributed by atoms with Crippen LogP contribution in [0.4, 0.5) is 0 Å². The number of carbonyl (C=O) groups is 1. The SMILES string of the molecule is O=C(c1ccccc1I)N1CCN(Cc2ccc(Cl)cc2)CC1. The average Bonchev–Trinajstić information content (AvgIpc) is 2.57. The molecule has 0 aromatic heterocycles. The van der Waals surface area contributed by atoms with Crippen molar-refractivity contribution in [1.82, 2.24) is 9.80 Å². The van der Waals surface area contributed by atoms with Gasteiger partial charge in [0.1, 0.15) is 0 Å². The first-order valence-electron chi connectivity index (χ1n) is 7.64. The third-order valence-corrected chi connectivity index (χ3v) is 5.28. The van der Waals surface area contributed by atoms with Crippen LogP contribution < -0.4 is 0 Å². The average molecular weight is 441 g/mol. The van der Waals surface area contributed by atoms with Gasteiger partial charge in [0.2, 0.25) is 0 Å². The highest BCUT2D eigenvalue weighted by molar-refractivity contribution is 14.1. The minimum Gasteiger partial charge on any atom is -0.336 e. The molecule has 3 nitrogen and oxygen atoms in total. The molecule has 1 aliphatic rings. The first kappa shape index (κ1) is 16.7. The van der Waals surface area contributed by atoms with Crippen LogP contribution in [0.15, 0.2) is 48.5 Å². The van der Waals surface area contributed by atoms with Crippen molar-refractivity contribution < 1.29 is 4.79 Å². The molecule has 0 radical (unpaired) electrons. The minimum absolute atomic E-state index is 0.140. The summed E-state index contributed by atoms with van der Waals surface area (Å²) in [5.41, 5.74) is 2.06. The topological polar surface area (TPSA) is 23.6 Å². The number of carbonyl (C=O) groups excluding carboxylic acids is 1. The Morgan fingerprint density at radius 1 is 1.00 bits per heavy atom. The second-order valence-corrected chi connectivity index (χ2v) is 7.27. The van der Waals surface area contributed by atoms with Crippen LogP contribution in [0.3, 0.4) is 0 Å². The van der Waals surface area contributed by atoms with Crippen LogP contribution in [-0.4, -0.2) is 41.9 Å². The van der Waals surface area contributed by atoms with Crippen LogP contribution in [0.25, 0.3) is 0 Å². The number of hydrogen-bond acceptors (Lipinski definition) is 2. The Morgan fingerprint density at radius 2 is 1.65 bits per heavy atom. The van der Waals surface area contributed by atoms with E-state index in [1.807, 2.05) is 41.3 Å². The van der Waals surface area contributed by atoms with Gasteiger partial charge < -0.3 is 4.90 Å². The second kappa shape index (κ2) is 7.64. The van der Waals surface area contributed by atoms with Gasteiger partial charge in [0.25, 0.3) is 5.91 Å². The minimum atomic E-state index is 0.140.